The zero-order valence-electron chi connectivity index (χ0n) is 11.9. The zero-order chi connectivity index (χ0) is 15.4. The van der Waals surface area contributed by atoms with Gasteiger partial charge >= 0.3 is 0 Å². The van der Waals surface area contributed by atoms with E-state index in [-0.39, 0.29) is 11.6 Å². The summed E-state index contributed by atoms with van der Waals surface area (Å²) in [6.45, 7) is 5.60. The van der Waals surface area contributed by atoms with Gasteiger partial charge in [0.2, 0.25) is 11.8 Å². The smallest absolute Gasteiger partial charge is 0.247 e. The second-order valence-corrected chi connectivity index (χ2v) is 5.03. The summed E-state index contributed by atoms with van der Waals surface area (Å²) in [5, 5.41) is 2.40. The molecule has 0 bridgehead atoms. The Labute approximate surface area is 123 Å². The molecular weight excluding hydrogens is 273 g/mol. The van der Waals surface area contributed by atoms with Gasteiger partial charge in [0.1, 0.15) is 5.82 Å². The molecule has 0 saturated carbocycles. The third kappa shape index (κ3) is 3.88. The van der Waals surface area contributed by atoms with Crippen LogP contribution < -0.4 is 5.32 Å². The fraction of sp³-hybridized carbons (Fsp3) is 0.333. The Morgan fingerprint density at radius 3 is 2.86 bits per heavy atom. The van der Waals surface area contributed by atoms with E-state index in [0.717, 1.165) is 18.2 Å². The van der Waals surface area contributed by atoms with Crippen molar-refractivity contribution in [2.75, 3.05) is 32.0 Å². The topological polar surface area (TPSA) is 52.7 Å². The first-order valence-corrected chi connectivity index (χ1v) is 6.68. The molecule has 5 nitrogen and oxygen atoms in total. The van der Waals surface area contributed by atoms with E-state index in [9.17, 15) is 14.0 Å². The highest BCUT2D eigenvalue weighted by molar-refractivity contribution is 5.98. The van der Waals surface area contributed by atoms with Crippen molar-refractivity contribution in [3.63, 3.8) is 0 Å². The first-order valence-electron chi connectivity index (χ1n) is 6.68. The van der Waals surface area contributed by atoms with Gasteiger partial charge in [-0.05, 0) is 23.8 Å². The molecule has 0 aromatic heterocycles. The van der Waals surface area contributed by atoms with E-state index < -0.39 is 11.7 Å². The van der Waals surface area contributed by atoms with Gasteiger partial charge in [-0.15, -0.1) is 0 Å². The van der Waals surface area contributed by atoms with Crippen molar-refractivity contribution in [3.8, 4) is 0 Å². The predicted molar refractivity (Wildman–Crippen MR) is 78.1 cm³/mol. The number of anilines is 1. The number of nitrogens with zero attached hydrogens (tertiary/aromatic N) is 2. The van der Waals surface area contributed by atoms with E-state index in [1.165, 1.54) is 12.1 Å². The molecule has 1 aromatic rings. The van der Waals surface area contributed by atoms with Crippen LogP contribution in [0.3, 0.4) is 0 Å². The first-order chi connectivity index (χ1) is 9.99. The minimum absolute atomic E-state index is 0.0663. The van der Waals surface area contributed by atoms with Gasteiger partial charge in [0, 0.05) is 26.7 Å². The molecule has 1 aliphatic heterocycles. The third-order valence-electron chi connectivity index (χ3n) is 3.42. The van der Waals surface area contributed by atoms with E-state index in [1.54, 1.807) is 18.0 Å². The third-order valence-corrected chi connectivity index (χ3v) is 3.42. The van der Waals surface area contributed by atoms with Crippen LogP contribution in [0.2, 0.25) is 0 Å². The molecule has 1 aromatic carbocycles. The van der Waals surface area contributed by atoms with Crippen LogP contribution in [0.25, 0.3) is 0 Å². The summed E-state index contributed by atoms with van der Waals surface area (Å²) in [7, 11) is 1.77. The largest absolute Gasteiger partial charge is 0.343 e. The molecule has 1 saturated heterocycles. The standard InChI is InChI=1S/C15H18FN3O2/c1-3-14(20)17-13-5-4-11(8-12(13)16)9-19-7-6-18(2)15(21)10-19/h3-5,8H,1,6-7,9-10H2,2H3,(H,17,20). The number of hydrogen-bond donors (Lipinski definition) is 1. The Kier molecular flexibility index (Phi) is 4.70. The number of hydrogen-bond acceptors (Lipinski definition) is 3. The summed E-state index contributed by atoms with van der Waals surface area (Å²) in [6.07, 6.45) is 1.09. The molecule has 1 N–H and O–H groups in total. The minimum atomic E-state index is -0.497. The summed E-state index contributed by atoms with van der Waals surface area (Å²) in [5.74, 6) is -0.883. The molecule has 0 radical (unpaired) electrons. The van der Waals surface area contributed by atoms with Crippen LogP contribution in [0.1, 0.15) is 5.56 Å². The number of carbonyl (C=O) groups excluding carboxylic acids is 2. The Balaban J connectivity index is 2.01. The number of amides is 2. The van der Waals surface area contributed by atoms with Crippen molar-refractivity contribution in [2.45, 2.75) is 6.54 Å². The molecule has 1 aliphatic rings. The molecule has 0 aliphatic carbocycles. The summed E-state index contributed by atoms with van der Waals surface area (Å²) in [4.78, 5) is 26.4. The molecule has 2 rings (SSSR count). The van der Waals surface area contributed by atoms with Crippen LogP contribution in [0.5, 0.6) is 0 Å². The van der Waals surface area contributed by atoms with Crippen molar-refractivity contribution in [1.82, 2.24) is 9.80 Å². The molecule has 0 spiro atoms. The fourth-order valence-electron chi connectivity index (χ4n) is 2.14. The van der Waals surface area contributed by atoms with Gasteiger partial charge in [-0.3, -0.25) is 14.5 Å². The number of halogens is 1. The Morgan fingerprint density at radius 1 is 1.48 bits per heavy atom. The lowest BCUT2D eigenvalue weighted by molar-refractivity contribution is -0.134. The molecule has 1 fully saturated rings. The van der Waals surface area contributed by atoms with E-state index >= 15 is 0 Å². The highest BCUT2D eigenvalue weighted by Gasteiger charge is 2.21. The number of carbonyl (C=O) groups is 2. The number of likely N-dealkylation sites (N-methyl/N-ethyl adjacent to an activating group) is 1. The normalized spacial score (nSPS) is 15.9. The summed E-state index contributed by atoms with van der Waals surface area (Å²) >= 11 is 0. The van der Waals surface area contributed by atoms with E-state index in [1.807, 2.05) is 4.90 Å². The molecule has 21 heavy (non-hydrogen) atoms. The van der Waals surface area contributed by atoms with Gasteiger partial charge in [0.15, 0.2) is 0 Å². The highest BCUT2D eigenvalue weighted by atomic mass is 19.1. The van der Waals surface area contributed by atoms with E-state index in [4.69, 9.17) is 0 Å². The summed E-state index contributed by atoms with van der Waals surface area (Å²) in [5.41, 5.74) is 0.888. The van der Waals surface area contributed by atoms with Crippen LogP contribution in [0.4, 0.5) is 10.1 Å². The average Bonchev–Trinajstić information content (AvgIpc) is 2.45. The van der Waals surface area contributed by atoms with Crippen LogP contribution in [-0.4, -0.2) is 48.3 Å². The van der Waals surface area contributed by atoms with Gasteiger partial charge < -0.3 is 10.2 Å². The predicted octanol–water partition coefficient (Wildman–Crippen LogP) is 1.22. The highest BCUT2D eigenvalue weighted by Crippen LogP contribution is 2.17. The number of nitrogens with one attached hydrogen (secondary N) is 1. The first kappa shape index (κ1) is 15.2. The number of piperazine rings is 1. The second kappa shape index (κ2) is 6.49. The van der Waals surface area contributed by atoms with Crippen LogP contribution in [-0.2, 0) is 16.1 Å². The Hall–Kier alpha value is -2.21. The molecular formula is C15H18FN3O2. The molecule has 112 valence electrons. The fourth-order valence-corrected chi connectivity index (χ4v) is 2.14. The van der Waals surface area contributed by atoms with Crippen molar-refractivity contribution >= 4 is 17.5 Å². The monoisotopic (exact) mass is 291 g/mol. The van der Waals surface area contributed by atoms with Gasteiger partial charge in [-0.25, -0.2) is 4.39 Å². The average molecular weight is 291 g/mol. The maximum atomic E-state index is 13.9. The maximum Gasteiger partial charge on any atom is 0.247 e. The second-order valence-electron chi connectivity index (χ2n) is 5.03. The SMILES string of the molecule is C=CC(=O)Nc1ccc(CN2CCN(C)C(=O)C2)cc1F. The number of rotatable bonds is 4. The van der Waals surface area contributed by atoms with Crippen molar-refractivity contribution < 1.29 is 14.0 Å². The zero-order valence-corrected chi connectivity index (χ0v) is 11.9. The lowest BCUT2D eigenvalue weighted by Crippen LogP contribution is -2.47. The molecule has 0 unspecified atom stereocenters. The van der Waals surface area contributed by atoms with E-state index in [2.05, 4.69) is 11.9 Å². The van der Waals surface area contributed by atoms with Gasteiger partial charge in [-0.1, -0.05) is 12.6 Å². The van der Waals surface area contributed by atoms with Crippen LogP contribution in [0.15, 0.2) is 30.9 Å². The van der Waals surface area contributed by atoms with Crippen LogP contribution in [0, 0.1) is 5.82 Å². The lowest BCUT2D eigenvalue weighted by atomic mass is 10.1. The quantitative estimate of drug-likeness (QED) is 0.849. The summed E-state index contributed by atoms with van der Waals surface area (Å²) < 4.78 is 13.9. The van der Waals surface area contributed by atoms with E-state index in [0.29, 0.717) is 19.6 Å². The molecule has 1 heterocycles. The number of benzene rings is 1. The summed E-state index contributed by atoms with van der Waals surface area (Å²) in [6, 6.07) is 4.63. The molecule has 6 heteroatoms. The Bertz CT molecular complexity index is 574. The minimum Gasteiger partial charge on any atom is -0.343 e. The van der Waals surface area contributed by atoms with Gasteiger partial charge in [0.05, 0.1) is 12.2 Å². The molecule has 0 atom stereocenters. The van der Waals surface area contributed by atoms with Gasteiger partial charge in [0.25, 0.3) is 0 Å². The van der Waals surface area contributed by atoms with Crippen molar-refractivity contribution in [2.24, 2.45) is 0 Å². The van der Waals surface area contributed by atoms with Crippen molar-refractivity contribution in [1.29, 1.82) is 0 Å². The van der Waals surface area contributed by atoms with Gasteiger partial charge in [-0.2, -0.15) is 0 Å². The molecule has 2 amide bonds. The van der Waals surface area contributed by atoms with Crippen molar-refractivity contribution in [3.05, 3.63) is 42.2 Å². The Morgan fingerprint density at radius 2 is 2.24 bits per heavy atom. The lowest BCUT2D eigenvalue weighted by Gasteiger charge is -2.31. The van der Waals surface area contributed by atoms with Crippen LogP contribution >= 0.6 is 0 Å². The maximum absolute atomic E-state index is 13.9.